The lowest BCUT2D eigenvalue weighted by molar-refractivity contribution is -0.117. The normalized spacial score (nSPS) is 18.1. The summed E-state index contributed by atoms with van der Waals surface area (Å²) in [7, 11) is 0. The van der Waals surface area contributed by atoms with Gasteiger partial charge in [0.05, 0.1) is 12.0 Å². The zero-order valence-corrected chi connectivity index (χ0v) is 12.6. The van der Waals surface area contributed by atoms with Crippen LogP contribution in [0.2, 0.25) is 0 Å². The smallest absolute Gasteiger partial charge is 0.232 e. The molecule has 0 fully saturated rings. The van der Waals surface area contributed by atoms with Gasteiger partial charge >= 0.3 is 0 Å². The summed E-state index contributed by atoms with van der Waals surface area (Å²) in [6.07, 6.45) is -0.605. The maximum atomic E-state index is 12.5. The quantitative estimate of drug-likeness (QED) is 0.911. The van der Waals surface area contributed by atoms with E-state index in [0.29, 0.717) is 5.69 Å². The summed E-state index contributed by atoms with van der Waals surface area (Å²) in [4.78, 5) is 13.7. The van der Waals surface area contributed by atoms with Crippen molar-refractivity contribution in [1.82, 2.24) is 0 Å². The van der Waals surface area contributed by atoms with Gasteiger partial charge in [-0.05, 0) is 24.6 Å². The Balaban J connectivity index is 1.82. The molecule has 0 spiro atoms. The van der Waals surface area contributed by atoms with Crippen molar-refractivity contribution >= 4 is 23.4 Å². The van der Waals surface area contributed by atoms with E-state index in [2.05, 4.69) is 11.4 Å². The van der Waals surface area contributed by atoms with Crippen LogP contribution in [0.5, 0.6) is 0 Å². The number of aliphatic hydroxyl groups excluding tert-OH is 1. The molecule has 0 aliphatic carbocycles. The molecule has 108 valence electrons. The zero-order chi connectivity index (χ0) is 14.8. The van der Waals surface area contributed by atoms with Gasteiger partial charge in [-0.1, -0.05) is 36.4 Å². The Kier molecular flexibility index (Phi) is 3.99. The second-order valence-electron chi connectivity index (χ2n) is 5.15. The summed E-state index contributed by atoms with van der Waals surface area (Å²) in [5.41, 5.74) is 2.52. The third-order valence-electron chi connectivity index (χ3n) is 3.69. The van der Waals surface area contributed by atoms with Crippen LogP contribution in [0.25, 0.3) is 0 Å². The van der Waals surface area contributed by atoms with Crippen LogP contribution >= 0.6 is 11.8 Å². The van der Waals surface area contributed by atoms with E-state index in [0.717, 1.165) is 16.9 Å². The van der Waals surface area contributed by atoms with Crippen molar-refractivity contribution in [2.24, 2.45) is 0 Å². The number of hydrogen-bond acceptors (Lipinski definition) is 3. The van der Waals surface area contributed by atoms with Gasteiger partial charge < -0.3 is 10.4 Å². The van der Waals surface area contributed by atoms with E-state index < -0.39 is 6.10 Å². The number of nitrogens with one attached hydrogen (secondary N) is 1. The van der Waals surface area contributed by atoms with Crippen LogP contribution in [0.3, 0.4) is 0 Å². The topological polar surface area (TPSA) is 49.3 Å². The molecule has 1 amide bonds. The SMILES string of the molecule is CC(O)c1ccccc1NC(=O)C1CSc2ccccc21. The fourth-order valence-corrected chi connectivity index (χ4v) is 3.80. The number of thioether (sulfide) groups is 1. The molecule has 3 nitrogen and oxygen atoms in total. The molecule has 0 bridgehead atoms. The van der Waals surface area contributed by atoms with Gasteiger partial charge in [-0.2, -0.15) is 0 Å². The minimum atomic E-state index is -0.605. The number of aliphatic hydroxyl groups is 1. The minimum Gasteiger partial charge on any atom is -0.389 e. The Morgan fingerprint density at radius 1 is 1.24 bits per heavy atom. The molecule has 2 N–H and O–H groups in total. The molecular weight excluding hydrogens is 282 g/mol. The molecular formula is C17H17NO2S. The van der Waals surface area contributed by atoms with E-state index in [-0.39, 0.29) is 11.8 Å². The first-order chi connectivity index (χ1) is 10.2. The predicted molar refractivity (Wildman–Crippen MR) is 85.6 cm³/mol. The molecule has 2 aromatic rings. The molecule has 2 atom stereocenters. The summed E-state index contributed by atoms with van der Waals surface area (Å²) in [5, 5.41) is 12.7. The van der Waals surface area contributed by atoms with E-state index in [4.69, 9.17) is 0 Å². The average molecular weight is 299 g/mol. The minimum absolute atomic E-state index is 0.0134. The van der Waals surface area contributed by atoms with Crippen molar-refractivity contribution in [2.45, 2.75) is 23.8 Å². The molecule has 0 radical (unpaired) electrons. The Morgan fingerprint density at radius 3 is 2.76 bits per heavy atom. The Hall–Kier alpha value is -1.78. The molecule has 0 saturated carbocycles. The standard InChI is InChI=1S/C17H17NO2S/c1-11(19)12-6-2-4-8-15(12)18-17(20)14-10-21-16-9-5-3-7-13(14)16/h2-9,11,14,19H,10H2,1H3,(H,18,20). The number of hydrogen-bond donors (Lipinski definition) is 2. The first kappa shape index (κ1) is 14.2. The molecule has 4 heteroatoms. The van der Waals surface area contributed by atoms with Crippen LogP contribution in [-0.4, -0.2) is 16.8 Å². The molecule has 2 aromatic carbocycles. The van der Waals surface area contributed by atoms with Gasteiger partial charge in [0.25, 0.3) is 0 Å². The Bertz CT molecular complexity index is 669. The summed E-state index contributed by atoms with van der Waals surface area (Å²) in [5.74, 6) is 0.621. The molecule has 2 unspecified atom stereocenters. The highest BCUT2D eigenvalue weighted by molar-refractivity contribution is 7.99. The van der Waals surface area contributed by atoms with Crippen LogP contribution in [-0.2, 0) is 4.79 Å². The second-order valence-corrected chi connectivity index (χ2v) is 6.22. The maximum absolute atomic E-state index is 12.5. The summed E-state index contributed by atoms with van der Waals surface area (Å²) < 4.78 is 0. The zero-order valence-electron chi connectivity index (χ0n) is 11.7. The number of carbonyl (C=O) groups excluding carboxylic acids is 1. The summed E-state index contributed by atoms with van der Waals surface area (Å²) in [6, 6.07) is 15.4. The van der Waals surface area contributed by atoms with E-state index >= 15 is 0 Å². The molecule has 1 heterocycles. The van der Waals surface area contributed by atoms with E-state index in [9.17, 15) is 9.90 Å². The fraction of sp³-hybridized carbons (Fsp3) is 0.235. The molecule has 0 saturated heterocycles. The van der Waals surface area contributed by atoms with Crippen LogP contribution in [0, 0.1) is 0 Å². The highest BCUT2D eigenvalue weighted by atomic mass is 32.2. The van der Waals surface area contributed by atoms with Crippen molar-refractivity contribution < 1.29 is 9.90 Å². The largest absolute Gasteiger partial charge is 0.389 e. The predicted octanol–water partition coefficient (Wildman–Crippen LogP) is 3.57. The van der Waals surface area contributed by atoms with Crippen LogP contribution in [0.1, 0.15) is 30.1 Å². The Morgan fingerprint density at radius 2 is 1.95 bits per heavy atom. The van der Waals surface area contributed by atoms with Gasteiger partial charge in [0, 0.05) is 21.9 Å². The van der Waals surface area contributed by atoms with Crippen LogP contribution in [0.15, 0.2) is 53.4 Å². The van der Waals surface area contributed by atoms with Crippen molar-refractivity contribution in [2.75, 3.05) is 11.1 Å². The molecule has 1 aliphatic rings. The van der Waals surface area contributed by atoms with Crippen molar-refractivity contribution in [3.05, 3.63) is 59.7 Å². The van der Waals surface area contributed by atoms with Gasteiger partial charge in [0.15, 0.2) is 0 Å². The van der Waals surface area contributed by atoms with E-state index in [1.165, 1.54) is 4.90 Å². The number of amides is 1. The number of rotatable bonds is 3. The van der Waals surface area contributed by atoms with Crippen molar-refractivity contribution in [3.8, 4) is 0 Å². The number of carbonyl (C=O) groups is 1. The van der Waals surface area contributed by atoms with Crippen molar-refractivity contribution in [1.29, 1.82) is 0 Å². The van der Waals surface area contributed by atoms with Gasteiger partial charge in [-0.15, -0.1) is 11.8 Å². The third-order valence-corrected chi connectivity index (χ3v) is 4.87. The highest BCUT2D eigenvalue weighted by Crippen LogP contribution is 2.40. The lowest BCUT2D eigenvalue weighted by Crippen LogP contribution is -2.22. The number of fused-ring (bicyclic) bond motifs is 1. The monoisotopic (exact) mass is 299 g/mol. The van der Waals surface area contributed by atoms with Gasteiger partial charge in [0.1, 0.15) is 0 Å². The highest BCUT2D eigenvalue weighted by Gasteiger charge is 2.29. The average Bonchev–Trinajstić information content (AvgIpc) is 2.91. The van der Waals surface area contributed by atoms with E-state index in [1.54, 1.807) is 18.7 Å². The maximum Gasteiger partial charge on any atom is 0.232 e. The van der Waals surface area contributed by atoms with Gasteiger partial charge in [-0.3, -0.25) is 4.79 Å². The number of para-hydroxylation sites is 1. The second kappa shape index (κ2) is 5.92. The Labute approximate surface area is 128 Å². The fourth-order valence-electron chi connectivity index (χ4n) is 2.57. The molecule has 1 aliphatic heterocycles. The lowest BCUT2D eigenvalue weighted by Gasteiger charge is -2.16. The molecule has 21 heavy (non-hydrogen) atoms. The van der Waals surface area contributed by atoms with Crippen LogP contribution < -0.4 is 5.32 Å². The first-order valence-corrected chi connectivity index (χ1v) is 7.95. The van der Waals surface area contributed by atoms with Crippen molar-refractivity contribution in [3.63, 3.8) is 0 Å². The van der Waals surface area contributed by atoms with Gasteiger partial charge in [0.2, 0.25) is 5.91 Å². The molecule has 3 rings (SSSR count). The van der Waals surface area contributed by atoms with E-state index in [1.807, 2.05) is 42.5 Å². The number of benzene rings is 2. The lowest BCUT2D eigenvalue weighted by atomic mass is 10.00. The summed E-state index contributed by atoms with van der Waals surface area (Å²) in [6.45, 7) is 1.70. The third kappa shape index (κ3) is 2.82. The summed E-state index contributed by atoms with van der Waals surface area (Å²) >= 11 is 1.72. The van der Waals surface area contributed by atoms with Crippen LogP contribution in [0.4, 0.5) is 5.69 Å². The van der Waals surface area contributed by atoms with Gasteiger partial charge in [-0.25, -0.2) is 0 Å². The first-order valence-electron chi connectivity index (χ1n) is 6.96. The molecule has 0 aromatic heterocycles. The number of anilines is 1.